The van der Waals surface area contributed by atoms with Gasteiger partial charge in [0, 0.05) is 18.0 Å². The predicted octanol–water partition coefficient (Wildman–Crippen LogP) is 4.03. The Morgan fingerprint density at radius 1 is 1.40 bits per heavy atom. The van der Waals surface area contributed by atoms with Gasteiger partial charge in [0.15, 0.2) is 5.76 Å². The van der Waals surface area contributed by atoms with Crippen molar-refractivity contribution < 1.29 is 14.4 Å². The van der Waals surface area contributed by atoms with Crippen molar-refractivity contribution in [2.75, 3.05) is 6.54 Å². The van der Waals surface area contributed by atoms with E-state index in [1.54, 1.807) is 0 Å². The number of aliphatic hydroxyl groups is 1. The lowest BCUT2D eigenvalue weighted by atomic mass is 9.84. The number of likely N-dealkylation sites (tertiary alicyclic amines) is 1. The van der Waals surface area contributed by atoms with Crippen LogP contribution in [0.1, 0.15) is 42.6 Å². The van der Waals surface area contributed by atoms with E-state index in [9.17, 15) is 9.90 Å². The van der Waals surface area contributed by atoms with Gasteiger partial charge in [-0.15, -0.1) is 0 Å². The van der Waals surface area contributed by atoms with Crippen LogP contribution in [0.3, 0.4) is 0 Å². The molecule has 1 fully saturated rings. The third-order valence-electron chi connectivity index (χ3n) is 4.90. The number of hydrogen-bond donors (Lipinski definition) is 1. The highest BCUT2D eigenvalue weighted by molar-refractivity contribution is 14.1. The molecule has 2 atom stereocenters. The summed E-state index contributed by atoms with van der Waals surface area (Å²) in [4.78, 5) is 15.0. The SMILES string of the molecule is Cc1ccccc1-c1oncc1C(=O)N1CCC[C@H](C(C)(C)O)C1I. The van der Waals surface area contributed by atoms with Crippen molar-refractivity contribution in [1.29, 1.82) is 0 Å². The van der Waals surface area contributed by atoms with E-state index in [0.717, 1.165) is 24.0 Å². The first-order valence-corrected chi connectivity index (χ1v) is 9.73. The van der Waals surface area contributed by atoms with Crippen molar-refractivity contribution in [3.05, 3.63) is 41.6 Å². The number of halogens is 1. The van der Waals surface area contributed by atoms with Crippen molar-refractivity contribution in [2.45, 2.75) is 43.3 Å². The molecule has 1 aliphatic heterocycles. The number of amides is 1. The van der Waals surface area contributed by atoms with Gasteiger partial charge >= 0.3 is 0 Å². The van der Waals surface area contributed by atoms with E-state index >= 15 is 0 Å². The van der Waals surface area contributed by atoms with Crippen LogP contribution in [0, 0.1) is 12.8 Å². The summed E-state index contributed by atoms with van der Waals surface area (Å²) >= 11 is 2.27. The average molecular weight is 454 g/mol. The normalized spacial score (nSPS) is 21.4. The molecule has 0 bridgehead atoms. The summed E-state index contributed by atoms with van der Waals surface area (Å²) in [6.07, 6.45) is 3.29. The van der Waals surface area contributed by atoms with Gasteiger partial charge in [-0.2, -0.15) is 0 Å². The van der Waals surface area contributed by atoms with E-state index in [0.29, 0.717) is 17.9 Å². The van der Waals surface area contributed by atoms with Crippen LogP contribution < -0.4 is 0 Å². The van der Waals surface area contributed by atoms with Gasteiger partial charge in [0.2, 0.25) is 0 Å². The molecular formula is C19H23IN2O3. The molecule has 0 saturated carbocycles. The maximum absolute atomic E-state index is 13.2. The number of alkyl halides is 1. The Hall–Kier alpha value is -1.41. The largest absolute Gasteiger partial charge is 0.390 e. The Labute approximate surface area is 161 Å². The van der Waals surface area contributed by atoms with Gasteiger partial charge in [-0.1, -0.05) is 52.0 Å². The highest BCUT2D eigenvalue weighted by Gasteiger charge is 2.41. The van der Waals surface area contributed by atoms with Gasteiger partial charge in [-0.3, -0.25) is 4.79 Å². The minimum absolute atomic E-state index is 0.0348. The number of nitrogens with zero attached hydrogens (tertiary/aromatic N) is 2. The maximum atomic E-state index is 13.2. The lowest BCUT2D eigenvalue weighted by molar-refractivity contribution is -0.0191. The Kier molecular flexibility index (Phi) is 5.20. The smallest absolute Gasteiger partial charge is 0.260 e. The first-order chi connectivity index (χ1) is 11.8. The molecule has 5 nitrogen and oxygen atoms in total. The zero-order chi connectivity index (χ0) is 18.2. The topological polar surface area (TPSA) is 66.6 Å². The fraction of sp³-hybridized carbons (Fsp3) is 0.474. The van der Waals surface area contributed by atoms with E-state index in [-0.39, 0.29) is 15.9 Å². The lowest BCUT2D eigenvalue weighted by Gasteiger charge is -2.43. The average Bonchev–Trinajstić information content (AvgIpc) is 3.03. The Morgan fingerprint density at radius 2 is 2.12 bits per heavy atom. The van der Waals surface area contributed by atoms with Crippen molar-refractivity contribution in [2.24, 2.45) is 5.92 Å². The van der Waals surface area contributed by atoms with Crippen LogP contribution >= 0.6 is 22.6 Å². The lowest BCUT2D eigenvalue weighted by Crippen LogP contribution is -2.51. The molecule has 1 unspecified atom stereocenters. The molecule has 6 heteroatoms. The fourth-order valence-corrected chi connectivity index (χ4v) is 5.20. The van der Waals surface area contributed by atoms with Crippen LogP contribution in [-0.2, 0) is 0 Å². The summed E-state index contributed by atoms with van der Waals surface area (Å²) in [5.74, 6) is 0.456. The first-order valence-electron chi connectivity index (χ1n) is 8.49. The van der Waals surface area contributed by atoms with Gasteiger partial charge in [-0.05, 0) is 39.2 Å². The van der Waals surface area contributed by atoms with Gasteiger partial charge < -0.3 is 14.5 Å². The molecule has 1 aromatic heterocycles. The minimum Gasteiger partial charge on any atom is -0.390 e. The quantitative estimate of drug-likeness (QED) is 0.432. The zero-order valence-electron chi connectivity index (χ0n) is 14.7. The first kappa shape index (κ1) is 18.4. The number of piperidine rings is 1. The van der Waals surface area contributed by atoms with Crippen LogP contribution in [0.2, 0.25) is 0 Å². The van der Waals surface area contributed by atoms with Crippen molar-refractivity contribution in [1.82, 2.24) is 10.1 Å². The van der Waals surface area contributed by atoms with Crippen molar-refractivity contribution in [3.8, 4) is 11.3 Å². The fourth-order valence-electron chi connectivity index (χ4n) is 3.43. The molecule has 1 aliphatic rings. The Morgan fingerprint density at radius 3 is 2.80 bits per heavy atom. The molecule has 3 rings (SSSR count). The molecule has 134 valence electrons. The predicted molar refractivity (Wildman–Crippen MR) is 105 cm³/mol. The number of carbonyl (C=O) groups excluding carboxylic acids is 1. The highest BCUT2D eigenvalue weighted by atomic mass is 127. The molecule has 0 radical (unpaired) electrons. The monoisotopic (exact) mass is 454 g/mol. The van der Waals surface area contributed by atoms with Gasteiger partial charge in [0.25, 0.3) is 5.91 Å². The number of carbonyl (C=O) groups is 1. The highest BCUT2D eigenvalue weighted by Crippen LogP contribution is 2.37. The molecule has 1 amide bonds. The van der Waals surface area contributed by atoms with E-state index in [4.69, 9.17) is 4.52 Å². The summed E-state index contributed by atoms with van der Waals surface area (Å²) in [5.41, 5.74) is 1.57. The van der Waals surface area contributed by atoms with E-state index < -0.39 is 5.60 Å². The van der Waals surface area contributed by atoms with Gasteiger partial charge in [0.1, 0.15) is 5.56 Å². The summed E-state index contributed by atoms with van der Waals surface area (Å²) in [5, 5.41) is 14.3. The maximum Gasteiger partial charge on any atom is 0.260 e. The van der Waals surface area contributed by atoms with E-state index in [2.05, 4.69) is 27.7 Å². The second-order valence-electron chi connectivity index (χ2n) is 7.16. The number of hydrogen-bond acceptors (Lipinski definition) is 4. The van der Waals surface area contributed by atoms with Crippen LogP contribution in [0.4, 0.5) is 0 Å². The van der Waals surface area contributed by atoms with Crippen LogP contribution in [-0.4, -0.2) is 37.3 Å². The van der Waals surface area contributed by atoms with E-state index in [1.165, 1.54) is 6.20 Å². The Bertz CT molecular complexity index is 766. The number of aromatic nitrogens is 1. The molecule has 1 N–H and O–H groups in total. The van der Waals surface area contributed by atoms with Crippen LogP contribution in [0.15, 0.2) is 35.0 Å². The van der Waals surface area contributed by atoms with E-state index in [1.807, 2.05) is 49.9 Å². The van der Waals surface area contributed by atoms with Crippen LogP contribution in [0.5, 0.6) is 0 Å². The molecule has 0 aliphatic carbocycles. The van der Waals surface area contributed by atoms with Crippen molar-refractivity contribution >= 4 is 28.5 Å². The third-order valence-corrected chi connectivity index (χ3v) is 6.44. The van der Waals surface area contributed by atoms with Crippen LogP contribution in [0.25, 0.3) is 11.3 Å². The molecule has 0 spiro atoms. The molecule has 1 aromatic carbocycles. The second kappa shape index (κ2) is 7.07. The summed E-state index contributed by atoms with van der Waals surface area (Å²) < 4.78 is 5.35. The summed E-state index contributed by atoms with van der Waals surface area (Å²) in [7, 11) is 0. The molecule has 2 heterocycles. The standard InChI is InChI=1S/C19H23IN2O3/c1-12-7-4-5-8-13(12)16-14(11-21-25-16)18(23)22-10-6-9-15(17(22)20)19(2,3)24/h4-5,7-8,11,15,17,24H,6,9-10H2,1-3H3/t15-,17?/m0/s1. The Balaban J connectivity index is 1.92. The minimum atomic E-state index is -0.821. The second-order valence-corrected chi connectivity index (χ2v) is 8.43. The third kappa shape index (κ3) is 3.60. The number of aryl methyl sites for hydroxylation is 1. The number of benzene rings is 1. The number of rotatable bonds is 3. The van der Waals surface area contributed by atoms with Gasteiger partial charge in [0.05, 0.1) is 15.8 Å². The molecular weight excluding hydrogens is 431 g/mol. The summed E-state index contributed by atoms with van der Waals surface area (Å²) in [6, 6.07) is 7.80. The summed E-state index contributed by atoms with van der Waals surface area (Å²) in [6.45, 7) is 6.29. The van der Waals surface area contributed by atoms with Gasteiger partial charge in [-0.25, -0.2) is 0 Å². The molecule has 2 aromatic rings. The zero-order valence-corrected chi connectivity index (χ0v) is 16.9. The molecule has 1 saturated heterocycles. The molecule has 25 heavy (non-hydrogen) atoms. The van der Waals surface area contributed by atoms with Crippen molar-refractivity contribution in [3.63, 3.8) is 0 Å².